The molecule has 3 N–H and O–H groups in total. The van der Waals surface area contributed by atoms with Crippen molar-refractivity contribution in [1.82, 2.24) is 10.6 Å². The number of carboxylic acids is 1. The summed E-state index contributed by atoms with van der Waals surface area (Å²) in [6, 6.07) is -0.0285. The summed E-state index contributed by atoms with van der Waals surface area (Å²) < 4.78 is 0. The lowest BCUT2D eigenvalue weighted by Gasteiger charge is -2.15. The fourth-order valence-corrected chi connectivity index (χ4v) is 1.08. The van der Waals surface area contributed by atoms with E-state index in [-0.39, 0.29) is 31.0 Å². The number of amides is 1. The van der Waals surface area contributed by atoms with Crippen molar-refractivity contribution < 1.29 is 14.7 Å². The van der Waals surface area contributed by atoms with Crippen LogP contribution in [0.5, 0.6) is 0 Å². The Labute approximate surface area is 90.2 Å². The molecule has 0 aliphatic heterocycles. The van der Waals surface area contributed by atoms with Crippen LogP contribution in [0.3, 0.4) is 0 Å². The minimum Gasteiger partial charge on any atom is -0.481 e. The second kappa shape index (κ2) is 7.23. The molecule has 0 aromatic rings. The monoisotopic (exact) mass is 216 g/mol. The fourth-order valence-electron chi connectivity index (χ4n) is 1.08. The molecule has 0 radical (unpaired) electrons. The van der Waals surface area contributed by atoms with Crippen molar-refractivity contribution in [3.05, 3.63) is 0 Å². The molecule has 1 unspecified atom stereocenters. The van der Waals surface area contributed by atoms with Gasteiger partial charge in [-0.1, -0.05) is 20.8 Å². The standard InChI is InChI=1S/C10H20N2O3/c1-4-8(5-10(14)15)12-9(13)6-11-7(2)3/h7-8,11H,4-6H2,1-3H3,(H,12,13)(H,14,15). The highest BCUT2D eigenvalue weighted by Crippen LogP contribution is 1.96. The molecule has 0 saturated carbocycles. The zero-order valence-corrected chi connectivity index (χ0v) is 9.54. The third-order valence-electron chi connectivity index (χ3n) is 1.95. The van der Waals surface area contributed by atoms with Crippen molar-refractivity contribution in [3.63, 3.8) is 0 Å². The summed E-state index contributed by atoms with van der Waals surface area (Å²) in [5.74, 6) is -1.05. The minimum absolute atomic E-state index is 0.0239. The largest absolute Gasteiger partial charge is 0.481 e. The summed E-state index contributed by atoms with van der Waals surface area (Å²) in [6.07, 6.45) is 0.601. The quantitative estimate of drug-likeness (QED) is 0.574. The first-order valence-electron chi connectivity index (χ1n) is 5.20. The highest BCUT2D eigenvalue weighted by atomic mass is 16.4. The lowest BCUT2D eigenvalue weighted by atomic mass is 10.1. The number of hydrogen-bond acceptors (Lipinski definition) is 3. The molecule has 0 fully saturated rings. The van der Waals surface area contributed by atoms with Gasteiger partial charge in [-0.05, 0) is 6.42 Å². The van der Waals surface area contributed by atoms with Crippen molar-refractivity contribution >= 4 is 11.9 Å². The van der Waals surface area contributed by atoms with Crippen molar-refractivity contribution in [3.8, 4) is 0 Å². The topological polar surface area (TPSA) is 78.4 Å². The van der Waals surface area contributed by atoms with Gasteiger partial charge >= 0.3 is 5.97 Å². The van der Waals surface area contributed by atoms with Gasteiger partial charge in [0.15, 0.2) is 0 Å². The predicted octanol–water partition coefficient (Wildman–Crippen LogP) is 0.354. The fraction of sp³-hybridized carbons (Fsp3) is 0.800. The normalized spacial score (nSPS) is 12.5. The number of carbonyl (C=O) groups is 2. The number of hydrogen-bond donors (Lipinski definition) is 3. The zero-order chi connectivity index (χ0) is 11.8. The molecule has 88 valence electrons. The van der Waals surface area contributed by atoms with Crippen LogP contribution in [0.2, 0.25) is 0 Å². The SMILES string of the molecule is CCC(CC(=O)O)NC(=O)CNC(C)C. The van der Waals surface area contributed by atoms with E-state index in [2.05, 4.69) is 10.6 Å². The van der Waals surface area contributed by atoms with Crippen LogP contribution in [0.4, 0.5) is 0 Å². The van der Waals surface area contributed by atoms with Crippen molar-refractivity contribution in [2.45, 2.75) is 45.7 Å². The van der Waals surface area contributed by atoms with Gasteiger partial charge in [-0.25, -0.2) is 0 Å². The molecule has 5 heteroatoms. The summed E-state index contributed by atoms with van der Waals surface area (Å²) in [4.78, 5) is 21.8. The molecule has 0 aliphatic rings. The zero-order valence-electron chi connectivity index (χ0n) is 9.54. The molecule has 1 atom stereocenters. The second-order valence-corrected chi connectivity index (χ2v) is 3.81. The predicted molar refractivity (Wildman–Crippen MR) is 57.6 cm³/mol. The first-order chi connectivity index (χ1) is 6.95. The van der Waals surface area contributed by atoms with Crippen molar-refractivity contribution in [1.29, 1.82) is 0 Å². The van der Waals surface area contributed by atoms with E-state index in [9.17, 15) is 9.59 Å². The maximum absolute atomic E-state index is 11.3. The van der Waals surface area contributed by atoms with Gasteiger partial charge in [0, 0.05) is 12.1 Å². The number of aliphatic carboxylic acids is 1. The Hall–Kier alpha value is -1.10. The smallest absolute Gasteiger partial charge is 0.305 e. The molecular weight excluding hydrogens is 196 g/mol. The van der Waals surface area contributed by atoms with Gasteiger partial charge in [0.1, 0.15) is 0 Å². The van der Waals surface area contributed by atoms with E-state index < -0.39 is 5.97 Å². The Morgan fingerprint density at radius 1 is 1.33 bits per heavy atom. The van der Waals surface area contributed by atoms with Gasteiger partial charge in [-0.2, -0.15) is 0 Å². The highest BCUT2D eigenvalue weighted by molar-refractivity contribution is 5.79. The first kappa shape index (κ1) is 13.9. The van der Waals surface area contributed by atoms with E-state index in [1.807, 2.05) is 20.8 Å². The summed E-state index contributed by atoms with van der Waals surface area (Å²) >= 11 is 0. The number of carbonyl (C=O) groups excluding carboxylic acids is 1. The third-order valence-corrected chi connectivity index (χ3v) is 1.95. The van der Waals surface area contributed by atoms with E-state index in [0.29, 0.717) is 6.42 Å². The first-order valence-corrected chi connectivity index (χ1v) is 5.20. The van der Waals surface area contributed by atoms with Crippen LogP contribution in [-0.4, -0.2) is 35.6 Å². The molecule has 0 heterocycles. The molecule has 0 rings (SSSR count). The Kier molecular flexibility index (Phi) is 6.70. The average molecular weight is 216 g/mol. The lowest BCUT2D eigenvalue weighted by Crippen LogP contribution is -2.42. The van der Waals surface area contributed by atoms with Gasteiger partial charge in [0.2, 0.25) is 5.91 Å². The van der Waals surface area contributed by atoms with Crippen LogP contribution in [0.15, 0.2) is 0 Å². The number of nitrogens with one attached hydrogen (secondary N) is 2. The van der Waals surface area contributed by atoms with Gasteiger partial charge in [-0.3, -0.25) is 9.59 Å². The number of rotatable bonds is 7. The van der Waals surface area contributed by atoms with Crippen LogP contribution >= 0.6 is 0 Å². The Balaban J connectivity index is 3.85. The Morgan fingerprint density at radius 2 is 1.93 bits per heavy atom. The van der Waals surface area contributed by atoms with Crippen LogP contribution < -0.4 is 10.6 Å². The van der Waals surface area contributed by atoms with E-state index in [1.165, 1.54) is 0 Å². The second-order valence-electron chi connectivity index (χ2n) is 3.81. The lowest BCUT2D eigenvalue weighted by molar-refractivity contribution is -0.137. The average Bonchev–Trinajstić information content (AvgIpc) is 2.13. The molecule has 15 heavy (non-hydrogen) atoms. The summed E-state index contributed by atoms with van der Waals surface area (Å²) in [5.41, 5.74) is 0. The van der Waals surface area contributed by atoms with Gasteiger partial charge in [0.05, 0.1) is 13.0 Å². The van der Waals surface area contributed by atoms with Crippen LogP contribution in [0.1, 0.15) is 33.6 Å². The minimum atomic E-state index is -0.890. The molecule has 0 saturated heterocycles. The van der Waals surface area contributed by atoms with Crippen LogP contribution in [0.25, 0.3) is 0 Å². The maximum Gasteiger partial charge on any atom is 0.305 e. The van der Waals surface area contributed by atoms with E-state index in [4.69, 9.17) is 5.11 Å². The molecule has 0 aromatic heterocycles. The Morgan fingerprint density at radius 3 is 2.33 bits per heavy atom. The summed E-state index contributed by atoms with van der Waals surface area (Å²) in [6.45, 7) is 5.97. The van der Waals surface area contributed by atoms with Gasteiger partial charge in [0.25, 0.3) is 0 Å². The van der Waals surface area contributed by atoms with E-state index in [0.717, 1.165) is 0 Å². The molecule has 0 aromatic carbocycles. The molecule has 0 spiro atoms. The summed E-state index contributed by atoms with van der Waals surface area (Å²) in [7, 11) is 0. The van der Waals surface area contributed by atoms with Crippen molar-refractivity contribution in [2.75, 3.05) is 6.54 Å². The highest BCUT2D eigenvalue weighted by Gasteiger charge is 2.13. The molecule has 5 nitrogen and oxygen atoms in total. The Bertz CT molecular complexity index is 217. The maximum atomic E-state index is 11.3. The van der Waals surface area contributed by atoms with E-state index in [1.54, 1.807) is 0 Å². The summed E-state index contributed by atoms with van der Waals surface area (Å²) in [5, 5.41) is 14.2. The number of carboxylic acid groups (broad SMARTS) is 1. The third kappa shape index (κ3) is 7.93. The molecule has 0 bridgehead atoms. The van der Waals surface area contributed by atoms with Crippen molar-refractivity contribution in [2.24, 2.45) is 0 Å². The van der Waals surface area contributed by atoms with Gasteiger partial charge < -0.3 is 15.7 Å². The van der Waals surface area contributed by atoms with Crippen LogP contribution in [-0.2, 0) is 9.59 Å². The molecule has 1 amide bonds. The van der Waals surface area contributed by atoms with Gasteiger partial charge in [-0.15, -0.1) is 0 Å². The van der Waals surface area contributed by atoms with E-state index >= 15 is 0 Å². The van der Waals surface area contributed by atoms with Crippen LogP contribution in [0, 0.1) is 0 Å². The molecular formula is C10H20N2O3. The molecule has 0 aliphatic carbocycles.